The highest BCUT2D eigenvalue weighted by Crippen LogP contribution is 2.12. The summed E-state index contributed by atoms with van der Waals surface area (Å²) in [6.45, 7) is 8.33. The molecule has 0 rings (SSSR count). The third-order valence-electron chi connectivity index (χ3n) is 0.950. The second-order valence-electron chi connectivity index (χ2n) is 3.67. The maximum absolute atomic E-state index is 10.8. The number of allylic oxidation sites excluding steroid dienone is 1. The quantitative estimate of drug-likeness (QED) is 0.452. The van der Waals surface area contributed by atoms with E-state index in [0.717, 1.165) is 0 Å². The van der Waals surface area contributed by atoms with Gasteiger partial charge >= 0.3 is 5.97 Å². The number of hydrogen-bond acceptors (Lipinski definition) is 2. The zero-order chi connectivity index (χ0) is 8.91. The molecule has 0 aromatic carbocycles. The van der Waals surface area contributed by atoms with E-state index in [2.05, 4.69) is 0 Å². The summed E-state index contributed by atoms with van der Waals surface area (Å²) in [5.41, 5.74) is 0.0528. The molecule has 0 fully saturated rings. The zero-order valence-corrected chi connectivity index (χ0v) is 7.68. The van der Waals surface area contributed by atoms with Gasteiger partial charge in [0.1, 0.15) is 0 Å². The van der Waals surface area contributed by atoms with Gasteiger partial charge in [-0.05, 0) is 12.3 Å². The molecule has 64 valence electrons. The minimum atomic E-state index is -0.262. The topological polar surface area (TPSA) is 26.3 Å². The molecular formula is C9H16O2. The van der Waals surface area contributed by atoms with E-state index < -0.39 is 0 Å². The maximum Gasteiger partial charge on any atom is 0.330 e. The van der Waals surface area contributed by atoms with E-state index in [1.807, 2.05) is 20.8 Å². The monoisotopic (exact) mass is 156 g/mol. The third kappa shape index (κ3) is 7.10. The number of rotatable bonds is 2. The van der Waals surface area contributed by atoms with E-state index in [-0.39, 0.29) is 11.4 Å². The van der Waals surface area contributed by atoms with Gasteiger partial charge in [-0.25, -0.2) is 4.79 Å². The summed E-state index contributed by atoms with van der Waals surface area (Å²) in [7, 11) is 0. The Hall–Kier alpha value is -0.790. The van der Waals surface area contributed by atoms with Gasteiger partial charge in [0.15, 0.2) is 0 Å². The number of ether oxygens (including phenoxy) is 1. The van der Waals surface area contributed by atoms with Crippen LogP contribution in [0.25, 0.3) is 0 Å². The van der Waals surface area contributed by atoms with Crippen LogP contribution in [-0.2, 0) is 9.53 Å². The lowest BCUT2D eigenvalue weighted by Gasteiger charge is -2.16. The van der Waals surface area contributed by atoms with Crippen molar-refractivity contribution in [1.82, 2.24) is 0 Å². The Morgan fingerprint density at radius 2 is 2.00 bits per heavy atom. The van der Waals surface area contributed by atoms with Gasteiger partial charge in [-0.15, -0.1) is 0 Å². The van der Waals surface area contributed by atoms with Crippen LogP contribution < -0.4 is 0 Å². The van der Waals surface area contributed by atoms with Crippen molar-refractivity contribution in [3.63, 3.8) is 0 Å². The van der Waals surface area contributed by atoms with Gasteiger partial charge in [-0.2, -0.15) is 0 Å². The maximum atomic E-state index is 10.8. The van der Waals surface area contributed by atoms with E-state index in [0.29, 0.717) is 6.61 Å². The van der Waals surface area contributed by atoms with Crippen molar-refractivity contribution < 1.29 is 9.53 Å². The van der Waals surface area contributed by atoms with Crippen LogP contribution in [0.1, 0.15) is 27.7 Å². The van der Waals surface area contributed by atoms with E-state index in [9.17, 15) is 4.79 Å². The average Bonchev–Trinajstić information content (AvgIpc) is 1.83. The largest absolute Gasteiger partial charge is 0.462 e. The fraction of sp³-hybridized carbons (Fsp3) is 0.667. The van der Waals surface area contributed by atoms with Crippen LogP contribution >= 0.6 is 0 Å². The molecule has 0 unspecified atom stereocenters. The first kappa shape index (κ1) is 10.2. The second kappa shape index (κ2) is 4.16. The Balaban J connectivity index is 3.63. The molecule has 0 saturated heterocycles. The van der Waals surface area contributed by atoms with Crippen molar-refractivity contribution in [2.45, 2.75) is 27.7 Å². The van der Waals surface area contributed by atoms with E-state index in [1.165, 1.54) is 6.08 Å². The first-order valence-electron chi connectivity index (χ1n) is 3.75. The van der Waals surface area contributed by atoms with Gasteiger partial charge < -0.3 is 4.74 Å². The van der Waals surface area contributed by atoms with Crippen LogP contribution in [0.2, 0.25) is 0 Å². The first-order chi connectivity index (χ1) is 4.95. The Morgan fingerprint density at radius 3 is 2.36 bits per heavy atom. The van der Waals surface area contributed by atoms with Gasteiger partial charge in [0.05, 0.1) is 6.61 Å². The first-order valence-corrected chi connectivity index (χ1v) is 3.75. The summed E-state index contributed by atoms with van der Waals surface area (Å²) in [4.78, 5) is 10.8. The highest BCUT2D eigenvalue weighted by atomic mass is 16.5. The fourth-order valence-electron chi connectivity index (χ4n) is 0.472. The Morgan fingerprint density at radius 1 is 1.45 bits per heavy atom. The third-order valence-corrected chi connectivity index (χ3v) is 0.950. The SMILES string of the molecule is CC=CC(=O)OCC(C)(C)C. The Bertz CT molecular complexity index is 151. The van der Waals surface area contributed by atoms with E-state index in [1.54, 1.807) is 13.0 Å². The minimum Gasteiger partial charge on any atom is -0.462 e. The van der Waals surface area contributed by atoms with Gasteiger partial charge in [-0.3, -0.25) is 0 Å². The van der Waals surface area contributed by atoms with E-state index in [4.69, 9.17) is 4.74 Å². The molecule has 0 N–H and O–H groups in total. The fourth-order valence-corrected chi connectivity index (χ4v) is 0.472. The standard InChI is InChI=1S/C9H16O2/c1-5-6-8(10)11-7-9(2,3)4/h5-6H,7H2,1-4H3. The van der Waals surface area contributed by atoms with Crippen molar-refractivity contribution in [3.05, 3.63) is 12.2 Å². The summed E-state index contributed by atoms with van der Waals surface area (Å²) in [6.07, 6.45) is 3.09. The van der Waals surface area contributed by atoms with Crippen molar-refractivity contribution in [3.8, 4) is 0 Å². The van der Waals surface area contributed by atoms with Crippen molar-refractivity contribution in [1.29, 1.82) is 0 Å². The zero-order valence-electron chi connectivity index (χ0n) is 7.68. The molecule has 0 aromatic heterocycles. The molecular weight excluding hydrogens is 140 g/mol. The Labute approximate surface area is 68.2 Å². The van der Waals surface area contributed by atoms with Crippen LogP contribution in [0.15, 0.2) is 12.2 Å². The summed E-state index contributed by atoms with van der Waals surface area (Å²) >= 11 is 0. The molecule has 2 nitrogen and oxygen atoms in total. The normalized spacial score (nSPS) is 12.0. The molecule has 0 saturated carbocycles. The van der Waals surface area contributed by atoms with Gasteiger partial charge in [0.2, 0.25) is 0 Å². The lowest BCUT2D eigenvalue weighted by atomic mass is 9.99. The predicted molar refractivity (Wildman–Crippen MR) is 45.2 cm³/mol. The highest BCUT2D eigenvalue weighted by molar-refractivity contribution is 5.81. The average molecular weight is 156 g/mol. The molecule has 2 heteroatoms. The molecule has 0 bridgehead atoms. The molecule has 0 aromatic rings. The molecule has 0 atom stereocenters. The van der Waals surface area contributed by atoms with Gasteiger partial charge in [-0.1, -0.05) is 26.8 Å². The van der Waals surface area contributed by atoms with Crippen LogP contribution in [-0.4, -0.2) is 12.6 Å². The summed E-state index contributed by atoms with van der Waals surface area (Å²) < 4.78 is 4.92. The van der Waals surface area contributed by atoms with E-state index >= 15 is 0 Å². The second-order valence-corrected chi connectivity index (χ2v) is 3.67. The molecule has 0 aliphatic rings. The number of esters is 1. The summed E-state index contributed by atoms with van der Waals surface area (Å²) in [5.74, 6) is -0.262. The van der Waals surface area contributed by atoms with Gasteiger partial charge in [0, 0.05) is 6.08 Å². The summed E-state index contributed by atoms with van der Waals surface area (Å²) in [5, 5.41) is 0. The highest BCUT2D eigenvalue weighted by Gasteiger charge is 2.11. The molecule has 0 amide bonds. The van der Waals surface area contributed by atoms with Gasteiger partial charge in [0.25, 0.3) is 0 Å². The molecule has 0 aliphatic carbocycles. The molecule has 11 heavy (non-hydrogen) atoms. The van der Waals surface area contributed by atoms with Crippen molar-refractivity contribution in [2.24, 2.45) is 5.41 Å². The number of carbonyl (C=O) groups is 1. The molecule has 0 heterocycles. The lowest BCUT2D eigenvalue weighted by molar-refractivity contribution is -0.140. The van der Waals surface area contributed by atoms with Crippen LogP contribution in [0.4, 0.5) is 0 Å². The summed E-state index contributed by atoms with van der Waals surface area (Å²) in [6, 6.07) is 0. The van der Waals surface area contributed by atoms with Crippen molar-refractivity contribution in [2.75, 3.05) is 6.61 Å². The Kier molecular flexibility index (Phi) is 3.86. The lowest BCUT2D eigenvalue weighted by Crippen LogP contribution is -2.17. The van der Waals surface area contributed by atoms with Crippen molar-refractivity contribution >= 4 is 5.97 Å². The minimum absolute atomic E-state index is 0.0528. The molecule has 0 radical (unpaired) electrons. The van der Waals surface area contributed by atoms with Crippen LogP contribution in [0.3, 0.4) is 0 Å². The number of carbonyl (C=O) groups excluding carboxylic acids is 1. The molecule has 0 aliphatic heterocycles. The van der Waals surface area contributed by atoms with Crippen LogP contribution in [0, 0.1) is 5.41 Å². The van der Waals surface area contributed by atoms with Crippen LogP contribution in [0.5, 0.6) is 0 Å². The predicted octanol–water partition coefficient (Wildman–Crippen LogP) is 2.15. The molecule has 0 spiro atoms. The number of hydrogen-bond donors (Lipinski definition) is 0. The smallest absolute Gasteiger partial charge is 0.330 e.